The molecule has 2 aliphatic rings. The number of pyridine rings is 1. The van der Waals surface area contributed by atoms with Gasteiger partial charge in [-0.05, 0) is 50.3 Å². The Labute approximate surface area is 211 Å². The molecule has 4 rings (SSSR count). The lowest BCUT2D eigenvalue weighted by molar-refractivity contribution is -0.122. The number of unbranched alkanes of at least 4 members (excludes halogenated alkanes) is 5. The second-order valence-electron chi connectivity index (χ2n) is 9.24. The highest BCUT2D eigenvalue weighted by atomic mass is 32.2. The average Bonchev–Trinajstić information content (AvgIpc) is 3.11. The first-order valence-corrected chi connectivity index (χ1v) is 13.8. The third-order valence-corrected chi connectivity index (χ3v) is 7.90. The van der Waals surface area contributed by atoms with Crippen molar-refractivity contribution in [2.45, 2.75) is 71.6 Å². The Morgan fingerprint density at radius 1 is 1.06 bits per heavy atom. The molecule has 4 heterocycles. The van der Waals surface area contributed by atoms with Crippen LogP contribution < -0.4 is 10.5 Å². The number of aromatic nitrogens is 2. The maximum absolute atomic E-state index is 13.6. The molecule has 2 fully saturated rings. The van der Waals surface area contributed by atoms with Crippen LogP contribution in [-0.4, -0.2) is 44.1 Å². The van der Waals surface area contributed by atoms with Gasteiger partial charge in [0.2, 0.25) is 0 Å². The van der Waals surface area contributed by atoms with Crippen LogP contribution in [0.2, 0.25) is 0 Å². The van der Waals surface area contributed by atoms with Crippen molar-refractivity contribution in [2.75, 3.05) is 24.5 Å². The Bertz CT molecular complexity index is 1150. The minimum atomic E-state index is -0.143. The van der Waals surface area contributed by atoms with E-state index in [1.54, 1.807) is 15.4 Å². The molecule has 1 amide bonds. The third-order valence-electron chi connectivity index (χ3n) is 6.53. The van der Waals surface area contributed by atoms with Gasteiger partial charge >= 0.3 is 0 Å². The van der Waals surface area contributed by atoms with E-state index in [0.29, 0.717) is 32.8 Å². The molecule has 0 aliphatic carbocycles. The fraction of sp³-hybridized carbons (Fsp3) is 0.538. The second-order valence-corrected chi connectivity index (χ2v) is 10.9. The summed E-state index contributed by atoms with van der Waals surface area (Å²) >= 11 is 6.83. The Balaban J connectivity index is 1.62. The highest BCUT2D eigenvalue weighted by Gasteiger charge is 2.32. The number of carbonyl (C=O) groups excluding carboxylic acids is 1. The summed E-state index contributed by atoms with van der Waals surface area (Å²) in [6, 6.07) is 3.85. The average molecular weight is 499 g/mol. The molecule has 6 nitrogen and oxygen atoms in total. The number of amides is 1. The monoisotopic (exact) mass is 498 g/mol. The molecule has 0 bridgehead atoms. The Morgan fingerprint density at radius 2 is 1.79 bits per heavy atom. The van der Waals surface area contributed by atoms with Crippen molar-refractivity contribution < 1.29 is 4.79 Å². The molecule has 2 aromatic heterocycles. The van der Waals surface area contributed by atoms with Crippen LogP contribution in [0.4, 0.5) is 5.82 Å². The zero-order valence-corrected chi connectivity index (χ0v) is 21.8. The van der Waals surface area contributed by atoms with E-state index in [4.69, 9.17) is 17.2 Å². The van der Waals surface area contributed by atoms with Gasteiger partial charge in [0.15, 0.2) is 0 Å². The molecule has 2 aliphatic heterocycles. The number of aryl methyl sites for hydroxylation is 1. The zero-order chi connectivity index (χ0) is 24.1. The van der Waals surface area contributed by atoms with Crippen molar-refractivity contribution in [1.82, 2.24) is 14.3 Å². The quantitative estimate of drug-likeness (QED) is 0.256. The van der Waals surface area contributed by atoms with Crippen LogP contribution in [0.1, 0.15) is 75.8 Å². The van der Waals surface area contributed by atoms with Crippen LogP contribution in [0.15, 0.2) is 28.0 Å². The van der Waals surface area contributed by atoms with Gasteiger partial charge in [-0.15, -0.1) is 0 Å². The predicted octanol–water partition coefficient (Wildman–Crippen LogP) is 5.55. The van der Waals surface area contributed by atoms with E-state index in [9.17, 15) is 9.59 Å². The molecular weight excluding hydrogens is 464 g/mol. The first kappa shape index (κ1) is 24.9. The number of carbonyl (C=O) groups is 1. The molecule has 0 aromatic carbocycles. The molecule has 2 aromatic rings. The topological polar surface area (TPSA) is 57.9 Å². The van der Waals surface area contributed by atoms with E-state index in [0.717, 1.165) is 44.3 Å². The normalized spacial score (nSPS) is 18.0. The van der Waals surface area contributed by atoms with Crippen LogP contribution in [0.3, 0.4) is 0 Å². The van der Waals surface area contributed by atoms with Crippen molar-refractivity contribution in [2.24, 2.45) is 0 Å². The molecule has 0 spiro atoms. The standard InChI is InChI=1S/C26H34N4O2S2/c1-3-4-5-6-7-11-16-29-25(32)21(34-26(29)33)17-20-23(28-14-9-8-10-15-28)27-22-13-12-19(2)18-30(22)24(20)31/h12-13,17-18H,3-11,14-16H2,1-2H3/b21-17-. The summed E-state index contributed by atoms with van der Waals surface area (Å²) in [7, 11) is 0. The van der Waals surface area contributed by atoms with Crippen molar-refractivity contribution in [3.05, 3.63) is 44.7 Å². The van der Waals surface area contributed by atoms with Gasteiger partial charge in [-0.25, -0.2) is 4.98 Å². The first-order chi connectivity index (χ1) is 16.5. The molecule has 0 atom stereocenters. The van der Waals surface area contributed by atoms with Crippen LogP contribution in [-0.2, 0) is 4.79 Å². The summed E-state index contributed by atoms with van der Waals surface area (Å²) < 4.78 is 2.17. The highest BCUT2D eigenvalue weighted by molar-refractivity contribution is 8.26. The summed E-state index contributed by atoms with van der Waals surface area (Å²) in [5.74, 6) is 0.580. The summed E-state index contributed by atoms with van der Waals surface area (Å²) in [4.78, 5) is 36.1. The van der Waals surface area contributed by atoms with Crippen LogP contribution >= 0.6 is 24.0 Å². The number of rotatable bonds is 9. The van der Waals surface area contributed by atoms with E-state index in [-0.39, 0.29) is 11.5 Å². The molecular formula is C26H34N4O2S2. The van der Waals surface area contributed by atoms with E-state index in [2.05, 4.69) is 11.8 Å². The van der Waals surface area contributed by atoms with Gasteiger partial charge in [-0.3, -0.25) is 18.9 Å². The number of piperidine rings is 1. The van der Waals surface area contributed by atoms with E-state index >= 15 is 0 Å². The lowest BCUT2D eigenvalue weighted by Gasteiger charge is -2.29. The van der Waals surface area contributed by atoms with Crippen molar-refractivity contribution in [1.29, 1.82) is 0 Å². The van der Waals surface area contributed by atoms with Crippen molar-refractivity contribution >= 4 is 51.7 Å². The maximum Gasteiger partial charge on any atom is 0.267 e. The van der Waals surface area contributed by atoms with Gasteiger partial charge in [0.05, 0.1) is 10.5 Å². The van der Waals surface area contributed by atoms with Gasteiger partial charge in [-0.1, -0.05) is 69.1 Å². The number of fused-ring (bicyclic) bond motifs is 1. The maximum atomic E-state index is 13.6. The number of thioether (sulfide) groups is 1. The summed E-state index contributed by atoms with van der Waals surface area (Å²) in [6.45, 7) is 6.54. The third kappa shape index (κ3) is 5.54. The number of nitrogens with zero attached hydrogens (tertiary/aromatic N) is 4. The second kappa shape index (κ2) is 11.5. The molecule has 2 saturated heterocycles. The molecule has 0 radical (unpaired) electrons. The molecule has 0 saturated carbocycles. The van der Waals surface area contributed by atoms with Crippen LogP contribution in [0, 0.1) is 6.92 Å². The minimum absolute atomic E-state index is 0.0955. The van der Waals surface area contributed by atoms with Crippen molar-refractivity contribution in [3.8, 4) is 0 Å². The van der Waals surface area contributed by atoms with Gasteiger partial charge in [-0.2, -0.15) is 0 Å². The molecule has 0 unspecified atom stereocenters. The minimum Gasteiger partial charge on any atom is -0.356 e. The number of hydrogen-bond acceptors (Lipinski definition) is 6. The van der Waals surface area contributed by atoms with E-state index < -0.39 is 0 Å². The largest absolute Gasteiger partial charge is 0.356 e. The Kier molecular flexibility index (Phi) is 8.42. The molecule has 182 valence electrons. The zero-order valence-electron chi connectivity index (χ0n) is 20.2. The van der Waals surface area contributed by atoms with Gasteiger partial charge in [0.25, 0.3) is 11.5 Å². The van der Waals surface area contributed by atoms with Gasteiger partial charge in [0.1, 0.15) is 15.8 Å². The molecule has 34 heavy (non-hydrogen) atoms. The Hall–Kier alpha value is -2.19. The van der Waals surface area contributed by atoms with Crippen LogP contribution in [0.5, 0.6) is 0 Å². The molecule has 8 heteroatoms. The smallest absolute Gasteiger partial charge is 0.267 e. The van der Waals surface area contributed by atoms with Gasteiger partial charge < -0.3 is 4.90 Å². The summed E-state index contributed by atoms with van der Waals surface area (Å²) in [6.07, 6.45) is 13.9. The van der Waals surface area contributed by atoms with E-state index in [1.165, 1.54) is 43.9 Å². The Morgan fingerprint density at radius 3 is 2.56 bits per heavy atom. The number of anilines is 1. The van der Waals surface area contributed by atoms with Crippen LogP contribution in [0.25, 0.3) is 11.7 Å². The fourth-order valence-corrected chi connectivity index (χ4v) is 5.88. The summed E-state index contributed by atoms with van der Waals surface area (Å²) in [5, 5.41) is 0. The fourth-order valence-electron chi connectivity index (χ4n) is 4.59. The number of hydrogen-bond donors (Lipinski definition) is 0. The lowest BCUT2D eigenvalue weighted by Crippen LogP contribution is -2.33. The molecule has 0 N–H and O–H groups in total. The summed E-state index contributed by atoms with van der Waals surface area (Å²) in [5.41, 5.74) is 1.95. The first-order valence-electron chi connectivity index (χ1n) is 12.5. The van der Waals surface area contributed by atoms with E-state index in [1.807, 2.05) is 25.3 Å². The number of thiocarbonyl (C=S) groups is 1. The highest BCUT2D eigenvalue weighted by Crippen LogP contribution is 2.34. The predicted molar refractivity (Wildman–Crippen MR) is 146 cm³/mol. The lowest BCUT2D eigenvalue weighted by atomic mass is 10.1. The SMILES string of the molecule is CCCCCCCCN1C(=O)/C(=C/c2c(N3CCCCC3)nc3ccc(C)cn3c2=O)SC1=S. The van der Waals surface area contributed by atoms with Crippen molar-refractivity contribution in [3.63, 3.8) is 0 Å². The van der Waals surface area contributed by atoms with Gasteiger partial charge in [0, 0.05) is 25.8 Å².